The fourth-order valence-corrected chi connectivity index (χ4v) is 3.67. The monoisotopic (exact) mass is 376 g/mol. The molecule has 0 saturated heterocycles. The molecule has 3 aromatic rings. The minimum absolute atomic E-state index is 0.0674. The van der Waals surface area contributed by atoms with Crippen molar-refractivity contribution in [2.24, 2.45) is 0 Å². The Morgan fingerprint density at radius 1 is 1.07 bits per heavy atom. The highest BCUT2D eigenvalue weighted by molar-refractivity contribution is 7.15. The Kier molecular flexibility index (Phi) is 5.64. The molecule has 0 aliphatic heterocycles. The van der Waals surface area contributed by atoms with E-state index in [1.54, 1.807) is 29.6 Å². The molecular formula is C21H16N2O3S. The summed E-state index contributed by atoms with van der Waals surface area (Å²) in [4.78, 5) is 24.0. The predicted molar refractivity (Wildman–Crippen MR) is 105 cm³/mol. The number of amides is 1. The van der Waals surface area contributed by atoms with Crippen LogP contribution in [0.15, 0.2) is 60.0 Å². The van der Waals surface area contributed by atoms with Crippen molar-refractivity contribution < 1.29 is 14.7 Å². The van der Waals surface area contributed by atoms with Gasteiger partial charge in [0.25, 0.3) is 0 Å². The topological polar surface area (TPSA) is 90.2 Å². The summed E-state index contributed by atoms with van der Waals surface area (Å²) in [6.07, 6.45) is 0.857. The molecule has 0 atom stereocenters. The highest BCUT2D eigenvalue weighted by atomic mass is 32.1. The van der Waals surface area contributed by atoms with Gasteiger partial charge in [0.05, 0.1) is 11.6 Å². The Hall–Kier alpha value is -3.43. The molecule has 2 aromatic carbocycles. The molecule has 27 heavy (non-hydrogen) atoms. The number of anilines is 1. The summed E-state index contributed by atoms with van der Waals surface area (Å²) < 4.78 is 0. The van der Waals surface area contributed by atoms with Crippen molar-refractivity contribution >= 4 is 28.2 Å². The molecule has 3 rings (SSSR count). The lowest BCUT2D eigenvalue weighted by Gasteiger charge is -2.06. The zero-order valence-electron chi connectivity index (χ0n) is 14.3. The number of carbonyl (C=O) groups excluding carboxylic acids is 1. The van der Waals surface area contributed by atoms with Gasteiger partial charge < -0.3 is 10.4 Å². The maximum absolute atomic E-state index is 12.3. The Bertz CT molecular complexity index is 1000. The first-order chi connectivity index (χ1) is 13.1. The van der Waals surface area contributed by atoms with Crippen molar-refractivity contribution in [1.29, 1.82) is 5.26 Å². The van der Waals surface area contributed by atoms with E-state index in [4.69, 9.17) is 5.26 Å². The number of carbonyl (C=O) groups is 2. The van der Waals surface area contributed by atoms with E-state index in [0.717, 1.165) is 5.56 Å². The van der Waals surface area contributed by atoms with Crippen LogP contribution >= 0.6 is 11.3 Å². The van der Waals surface area contributed by atoms with Gasteiger partial charge in [0.15, 0.2) is 0 Å². The number of benzene rings is 2. The molecule has 1 amide bonds. The summed E-state index contributed by atoms with van der Waals surface area (Å²) in [5, 5.41) is 23.3. The number of aryl methyl sites for hydroxylation is 1. The molecule has 0 aliphatic carbocycles. The molecular weight excluding hydrogens is 360 g/mol. The van der Waals surface area contributed by atoms with Gasteiger partial charge in [-0.15, -0.1) is 11.3 Å². The Labute approximate surface area is 160 Å². The molecule has 1 aromatic heterocycles. The molecule has 0 saturated carbocycles. The molecule has 5 nitrogen and oxygen atoms in total. The molecule has 1 heterocycles. The first-order valence-electron chi connectivity index (χ1n) is 8.27. The minimum Gasteiger partial charge on any atom is -0.478 e. The Balaban J connectivity index is 1.77. The summed E-state index contributed by atoms with van der Waals surface area (Å²) in [5.41, 5.74) is 2.83. The van der Waals surface area contributed by atoms with Crippen LogP contribution in [0.25, 0.3) is 11.1 Å². The number of hydrogen-bond donors (Lipinski definition) is 2. The van der Waals surface area contributed by atoms with Gasteiger partial charge in [-0.3, -0.25) is 4.79 Å². The fourth-order valence-electron chi connectivity index (χ4n) is 2.69. The molecule has 0 fully saturated rings. The predicted octanol–water partition coefficient (Wildman–Crippen LogP) is 4.56. The van der Waals surface area contributed by atoms with Crippen molar-refractivity contribution in [2.45, 2.75) is 12.8 Å². The lowest BCUT2D eigenvalue weighted by Crippen LogP contribution is -2.14. The molecule has 134 valence electrons. The summed E-state index contributed by atoms with van der Waals surface area (Å²) in [6.45, 7) is 0. The lowest BCUT2D eigenvalue weighted by atomic mass is 10.0. The number of carboxylic acid groups (broad SMARTS) is 1. The first-order valence-corrected chi connectivity index (χ1v) is 9.15. The van der Waals surface area contributed by atoms with E-state index < -0.39 is 5.97 Å². The van der Waals surface area contributed by atoms with Gasteiger partial charge in [-0.2, -0.15) is 5.26 Å². The average molecular weight is 376 g/mol. The van der Waals surface area contributed by atoms with E-state index in [-0.39, 0.29) is 17.9 Å². The number of aromatic carboxylic acids is 1. The van der Waals surface area contributed by atoms with E-state index in [0.29, 0.717) is 28.1 Å². The second kappa shape index (κ2) is 8.30. The zero-order valence-corrected chi connectivity index (χ0v) is 15.1. The van der Waals surface area contributed by atoms with Gasteiger partial charge in [0.1, 0.15) is 10.6 Å². The second-order valence-electron chi connectivity index (χ2n) is 5.88. The normalized spacial score (nSPS) is 10.2. The zero-order chi connectivity index (χ0) is 19.2. The van der Waals surface area contributed by atoms with E-state index in [1.807, 2.05) is 36.4 Å². The molecule has 2 N–H and O–H groups in total. The maximum Gasteiger partial charge on any atom is 0.339 e. The number of nitriles is 1. The van der Waals surface area contributed by atoms with Crippen LogP contribution in [-0.2, 0) is 11.2 Å². The van der Waals surface area contributed by atoms with Gasteiger partial charge >= 0.3 is 5.97 Å². The highest BCUT2D eigenvalue weighted by Gasteiger charge is 2.21. The minimum atomic E-state index is -1.10. The van der Waals surface area contributed by atoms with Gasteiger partial charge in [-0.1, -0.05) is 42.5 Å². The smallest absolute Gasteiger partial charge is 0.339 e. The number of rotatable bonds is 6. The van der Waals surface area contributed by atoms with Crippen molar-refractivity contribution in [2.75, 3.05) is 5.32 Å². The molecule has 0 unspecified atom stereocenters. The number of nitrogens with one attached hydrogen (secondary N) is 1. The van der Waals surface area contributed by atoms with Crippen molar-refractivity contribution in [3.8, 4) is 17.2 Å². The summed E-state index contributed by atoms with van der Waals surface area (Å²) in [5.74, 6) is -1.33. The second-order valence-corrected chi connectivity index (χ2v) is 6.76. The molecule has 0 bridgehead atoms. The van der Waals surface area contributed by atoms with Crippen LogP contribution in [-0.4, -0.2) is 17.0 Å². The highest BCUT2D eigenvalue weighted by Crippen LogP contribution is 2.35. The van der Waals surface area contributed by atoms with Crippen LogP contribution in [0.5, 0.6) is 0 Å². The van der Waals surface area contributed by atoms with E-state index in [1.165, 1.54) is 11.3 Å². The van der Waals surface area contributed by atoms with Crippen molar-refractivity contribution in [1.82, 2.24) is 0 Å². The fraction of sp³-hybridized carbons (Fsp3) is 0.0952. The van der Waals surface area contributed by atoms with E-state index in [9.17, 15) is 14.7 Å². The lowest BCUT2D eigenvalue weighted by molar-refractivity contribution is -0.116. The van der Waals surface area contributed by atoms with Gasteiger partial charge in [-0.25, -0.2) is 4.79 Å². The van der Waals surface area contributed by atoms with Crippen molar-refractivity contribution in [3.05, 3.63) is 76.7 Å². The van der Waals surface area contributed by atoms with Gasteiger partial charge in [0, 0.05) is 17.4 Å². The van der Waals surface area contributed by atoms with Crippen LogP contribution in [0.3, 0.4) is 0 Å². The van der Waals surface area contributed by atoms with Crippen molar-refractivity contribution in [3.63, 3.8) is 0 Å². The Morgan fingerprint density at radius 2 is 1.78 bits per heavy atom. The number of thiophene rings is 1. The molecule has 0 spiro atoms. The maximum atomic E-state index is 12.3. The molecule has 6 heteroatoms. The first kappa shape index (κ1) is 18.4. The summed E-state index contributed by atoms with van der Waals surface area (Å²) >= 11 is 1.18. The quantitative estimate of drug-likeness (QED) is 0.660. The number of carboxylic acids is 1. The van der Waals surface area contributed by atoms with Crippen LogP contribution in [0.2, 0.25) is 0 Å². The van der Waals surface area contributed by atoms with Crippen LogP contribution in [0, 0.1) is 11.3 Å². The van der Waals surface area contributed by atoms with Crippen LogP contribution in [0.4, 0.5) is 5.00 Å². The number of hydrogen-bond acceptors (Lipinski definition) is 4. The van der Waals surface area contributed by atoms with Crippen LogP contribution in [0.1, 0.15) is 27.9 Å². The third-order valence-electron chi connectivity index (χ3n) is 4.07. The summed E-state index contributed by atoms with van der Waals surface area (Å²) in [7, 11) is 0. The van der Waals surface area contributed by atoms with Gasteiger partial charge in [-0.05, 0) is 29.7 Å². The Morgan fingerprint density at radius 3 is 2.41 bits per heavy atom. The standard InChI is InChI=1S/C21H16N2O3S/c22-12-15-6-9-16(10-7-15)17-13-27-20(19(17)21(25)26)23-18(24)11-8-14-4-2-1-3-5-14/h1-7,9-10,13H,8,11H2,(H,23,24)(H,25,26). The third kappa shape index (κ3) is 4.40. The van der Waals surface area contributed by atoms with Gasteiger partial charge in [0.2, 0.25) is 5.91 Å². The van der Waals surface area contributed by atoms with E-state index >= 15 is 0 Å². The largest absolute Gasteiger partial charge is 0.478 e. The molecule has 0 radical (unpaired) electrons. The SMILES string of the molecule is N#Cc1ccc(-c2csc(NC(=O)CCc3ccccc3)c2C(=O)O)cc1. The molecule has 0 aliphatic rings. The van der Waals surface area contributed by atoms with Crippen LogP contribution < -0.4 is 5.32 Å². The van der Waals surface area contributed by atoms with E-state index in [2.05, 4.69) is 5.32 Å². The summed E-state index contributed by atoms with van der Waals surface area (Å²) in [6, 6.07) is 18.4. The number of nitrogens with zero attached hydrogens (tertiary/aromatic N) is 1. The average Bonchev–Trinajstić information content (AvgIpc) is 3.11. The third-order valence-corrected chi connectivity index (χ3v) is 4.96.